The Morgan fingerprint density at radius 1 is 1.54 bits per heavy atom. The van der Waals surface area contributed by atoms with Gasteiger partial charge in [0.15, 0.2) is 0 Å². The van der Waals surface area contributed by atoms with Gasteiger partial charge in [-0.2, -0.15) is 0 Å². The van der Waals surface area contributed by atoms with E-state index in [1.54, 1.807) is 0 Å². The molecule has 3 atom stereocenters. The Kier molecular flexibility index (Phi) is 2.86. The molecule has 0 radical (unpaired) electrons. The molecule has 2 heterocycles. The summed E-state index contributed by atoms with van der Waals surface area (Å²) in [6, 6.07) is 0.528. The Balaban J connectivity index is 1.72. The minimum atomic E-state index is -0.106. The van der Waals surface area contributed by atoms with Crippen LogP contribution in [0.4, 0.5) is 0 Å². The van der Waals surface area contributed by atoms with Gasteiger partial charge in [0.05, 0.1) is 6.10 Å². The molecule has 2 saturated heterocycles. The lowest BCUT2D eigenvalue weighted by molar-refractivity contribution is 0.189. The molecule has 0 aromatic carbocycles. The molecule has 2 N–H and O–H groups in total. The highest BCUT2D eigenvalue weighted by Crippen LogP contribution is 2.17. The number of β-amino-alcohol motifs (C(OH)–C–C–N with tert-alkyl or cyclic N) is 1. The number of aliphatic hydroxyl groups excluding tert-OH is 1. The van der Waals surface area contributed by atoms with Gasteiger partial charge >= 0.3 is 0 Å². The van der Waals surface area contributed by atoms with E-state index in [-0.39, 0.29) is 6.10 Å². The smallest absolute Gasteiger partial charge is 0.0680 e. The van der Waals surface area contributed by atoms with Crippen LogP contribution in [0.1, 0.15) is 19.8 Å². The molecule has 2 aliphatic rings. The summed E-state index contributed by atoms with van der Waals surface area (Å²) in [5.41, 5.74) is 0. The summed E-state index contributed by atoms with van der Waals surface area (Å²) in [4.78, 5) is 2.51. The molecule has 0 saturated carbocycles. The fourth-order valence-corrected chi connectivity index (χ4v) is 2.44. The number of likely N-dealkylation sites (tertiary alicyclic amines) is 1. The molecule has 2 fully saturated rings. The van der Waals surface area contributed by atoms with Crippen molar-refractivity contribution < 1.29 is 5.11 Å². The number of rotatable bonds is 2. The highest BCUT2D eigenvalue weighted by molar-refractivity contribution is 4.85. The summed E-state index contributed by atoms with van der Waals surface area (Å²) in [7, 11) is 0. The van der Waals surface area contributed by atoms with Crippen molar-refractivity contribution in [2.75, 3.05) is 26.2 Å². The molecule has 0 spiro atoms. The van der Waals surface area contributed by atoms with Gasteiger partial charge in [-0.15, -0.1) is 0 Å². The largest absolute Gasteiger partial charge is 0.392 e. The van der Waals surface area contributed by atoms with Crippen molar-refractivity contribution in [2.24, 2.45) is 5.92 Å². The molecule has 2 aliphatic heterocycles. The quantitative estimate of drug-likeness (QED) is 0.636. The predicted molar refractivity (Wildman–Crippen MR) is 52.6 cm³/mol. The first-order valence-electron chi connectivity index (χ1n) is 5.38. The van der Waals surface area contributed by atoms with E-state index in [0.29, 0.717) is 6.04 Å². The summed E-state index contributed by atoms with van der Waals surface area (Å²) in [6.45, 7) is 6.72. The molecule has 76 valence electrons. The third-order valence-electron chi connectivity index (χ3n) is 3.19. The second-order valence-electron chi connectivity index (χ2n) is 4.65. The fraction of sp³-hybridized carbons (Fsp3) is 1.00. The van der Waals surface area contributed by atoms with Crippen LogP contribution >= 0.6 is 0 Å². The van der Waals surface area contributed by atoms with Crippen molar-refractivity contribution in [3.8, 4) is 0 Å². The summed E-state index contributed by atoms with van der Waals surface area (Å²) in [6.07, 6.45) is 2.17. The molecule has 0 aliphatic carbocycles. The maximum absolute atomic E-state index is 9.34. The van der Waals surface area contributed by atoms with Gasteiger partial charge in [-0.25, -0.2) is 0 Å². The average molecular weight is 184 g/mol. The van der Waals surface area contributed by atoms with Crippen LogP contribution in [0.25, 0.3) is 0 Å². The molecule has 0 aromatic heterocycles. The maximum Gasteiger partial charge on any atom is 0.0680 e. The summed E-state index contributed by atoms with van der Waals surface area (Å²) in [5, 5.41) is 12.7. The molecular formula is C10H20N2O. The number of aliphatic hydroxyl groups is 1. The van der Waals surface area contributed by atoms with Gasteiger partial charge in [0.25, 0.3) is 0 Å². The van der Waals surface area contributed by atoms with E-state index >= 15 is 0 Å². The van der Waals surface area contributed by atoms with Crippen LogP contribution < -0.4 is 5.32 Å². The van der Waals surface area contributed by atoms with E-state index in [1.807, 2.05) is 0 Å². The molecule has 3 nitrogen and oxygen atoms in total. The number of nitrogens with zero attached hydrogens (tertiary/aromatic N) is 1. The van der Waals surface area contributed by atoms with Crippen LogP contribution in [0.5, 0.6) is 0 Å². The van der Waals surface area contributed by atoms with E-state index < -0.39 is 0 Å². The highest BCUT2D eigenvalue weighted by Gasteiger charge is 2.26. The Morgan fingerprint density at radius 3 is 2.92 bits per heavy atom. The first-order chi connectivity index (χ1) is 6.24. The van der Waals surface area contributed by atoms with E-state index in [0.717, 1.165) is 25.4 Å². The minimum absolute atomic E-state index is 0.106. The Morgan fingerprint density at radius 2 is 2.38 bits per heavy atom. The Hall–Kier alpha value is -0.120. The average Bonchev–Trinajstić information content (AvgIpc) is 2.62. The van der Waals surface area contributed by atoms with Crippen LogP contribution in [0.2, 0.25) is 0 Å². The first kappa shape index (κ1) is 9.44. The van der Waals surface area contributed by atoms with Crippen LogP contribution in [-0.4, -0.2) is 48.3 Å². The van der Waals surface area contributed by atoms with Crippen LogP contribution in [0, 0.1) is 5.92 Å². The standard InChI is InChI=1S/C10H20N2O/c1-8-2-3-12(6-8)7-9-4-10(13)5-11-9/h8-11,13H,2-7H2,1H3. The molecule has 13 heavy (non-hydrogen) atoms. The topological polar surface area (TPSA) is 35.5 Å². The third kappa shape index (κ3) is 2.42. The van der Waals surface area contributed by atoms with E-state index in [4.69, 9.17) is 0 Å². The lowest BCUT2D eigenvalue weighted by Gasteiger charge is -2.19. The first-order valence-corrected chi connectivity index (χ1v) is 5.38. The van der Waals surface area contributed by atoms with Gasteiger partial charge in [0.1, 0.15) is 0 Å². The van der Waals surface area contributed by atoms with Crippen molar-refractivity contribution >= 4 is 0 Å². The third-order valence-corrected chi connectivity index (χ3v) is 3.19. The van der Waals surface area contributed by atoms with Crippen LogP contribution in [0.3, 0.4) is 0 Å². The molecule has 3 unspecified atom stereocenters. The molecule has 0 aromatic rings. The zero-order chi connectivity index (χ0) is 9.26. The van der Waals surface area contributed by atoms with Crippen molar-refractivity contribution in [3.05, 3.63) is 0 Å². The van der Waals surface area contributed by atoms with Crippen LogP contribution in [0.15, 0.2) is 0 Å². The van der Waals surface area contributed by atoms with Gasteiger partial charge in [-0.3, -0.25) is 0 Å². The Bertz CT molecular complexity index is 156. The maximum atomic E-state index is 9.34. The SMILES string of the molecule is CC1CCN(CC2CC(O)CN2)C1. The normalized spacial score (nSPS) is 41.5. The monoisotopic (exact) mass is 184 g/mol. The van der Waals surface area contributed by atoms with E-state index in [2.05, 4.69) is 17.1 Å². The summed E-state index contributed by atoms with van der Waals surface area (Å²) < 4.78 is 0. The highest BCUT2D eigenvalue weighted by atomic mass is 16.3. The van der Waals surface area contributed by atoms with E-state index in [1.165, 1.54) is 19.5 Å². The van der Waals surface area contributed by atoms with Crippen molar-refractivity contribution in [1.82, 2.24) is 10.2 Å². The zero-order valence-electron chi connectivity index (χ0n) is 8.37. The van der Waals surface area contributed by atoms with Crippen LogP contribution in [-0.2, 0) is 0 Å². The molecule has 0 amide bonds. The second-order valence-corrected chi connectivity index (χ2v) is 4.65. The number of hydrogen-bond donors (Lipinski definition) is 2. The predicted octanol–water partition coefficient (Wildman–Crippen LogP) is 0.0510. The zero-order valence-corrected chi connectivity index (χ0v) is 8.37. The van der Waals surface area contributed by atoms with Crippen molar-refractivity contribution in [1.29, 1.82) is 0 Å². The molecule has 3 heteroatoms. The van der Waals surface area contributed by atoms with Crippen molar-refractivity contribution in [3.63, 3.8) is 0 Å². The lowest BCUT2D eigenvalue weighted by atomic mass is 10.2. The second kappa shape index (κ2) is 3.95. The minimum Gasteiger partial charge on any atom is -0.392 e. The van der Waals surface area contributed by atoms with E-state index in [9.17, 15) is 5.11 Å². The number of hydrogen-bond acceptors (Lipinski definition) is 3. The van der Waals surface area contributed by atoms with Gasteiger partial charge in [0, 0.05) is 25.7 Å². The summed E-state index contributed by atoms with van der Waals surface area (Å²) in [5.74, 6) is 0.867. The van der Waals surface area contributed by atoms with Gasteiger partial charge in [-0.1, -0.05) is 6.92 Å². The molecule has 0 bridgehead atoms. The molecular weight excluding hydrogens is 164 g/mol. The van der Waals surface area contributed by atoms with Gasteiger partial charge in [0.2, 0.25) is 0 Å². The lowest BCUT2D eigenvalue weighted by Crippen LogP contribution is -2.36. The fourth-order valence-electron chi connectivity index (χ4n) is 2.44. The summed E-state index contributed by atoms with van der Waals surface area (Å²) >= 11 is 0. The van der Waals surface area contributed by atoms with Gasteiger partial charge < -0.3 is 15.3 Å². The number of nitrogens with one attached hydrogen (secondary N) is 1. The Labute approximate surface area is 80.1 Å². The molecule has 2 rings (SSSR count). The van der Waals surface area contributed by atoms with Gasteiger partial charge in [-0.05, 0) is 25.3 Å². The van der Waals surface area contributed by atoms with Crippen molar-refractivity contribution in [2.45, 2.75) is 31.9 Å².